The van der Waals surface area contributed by atoms with Crippen LogP contribution in [0.2, 0.25) is 0 Å². The van der Waals surface area contributed by atoms with E-state index in [1.165, 1.54) is 0 Å². The van der Waals surface area contributed by atoms with Gasteiger partial charge in [0.1, 0.15) is 17.2 Å². The molecule has 0 spiro atoms. The maximum absolute atomic E-state index is 8.67. The molecule has 0 aromatic heterocycles. The van der Waals surface area contributed by atoms with Gasteiger partial charge in [-0.2, -0.15) is 0 Å². The van der Waals surface area contributed by atoms with Crippen molar-refractivity contribution in [2.24, 2.45) is 0 Å². The molecule has 4 heteroatoms. The summed E-state index contributed by atoms with van der Waals surface area (Å²) in [5, 5.41) is 26.0. The van der Waals surface area contributed by atoms with Crippen LogP contribution in [0.3, 0.4) is 0 Å². The smallest absolute Gasteiger partial charge is 0.122 e. The Bertz CT molecular complexity index is 174. The van der Waals surface area contributed by atoms with Gasteiger partial charge in [-0.15, -0.1) is 0 Å². The average molecular weight is 190 g/mol. The molecule has 0 bridgehead atoms. The van der Waals surface area contributed by atoms with Crippen LogP contribution >= 0.6 is 0 Å². The molecule has 1 aromatic carbocycles. The minimum atomic E-state index is -0.146. The van der Waals surface area contributed by atoms with Crippen molar-refractivity contribution in [1.29, 1.82) is 0 Å². The van der Waals surface area contributed by atoms with Gasteiger partial charge in [-0.3, -0.25) is 0 Å². The molecule has 1 rings (SSSR count). The van der Waals surface area contributed by atoms with Gasteiger partial charge in [-0.25, -0.2) is 0 Å². The average Bonchev–Trinajstić information content (AvgIpc) is 1.59. The Labute approximate surface area is 68.4 Å². The monoisotopic (exact) mass is 189 g/mol. The van der Waals surface area contributed by atoms with E-state index < -0.39 is 0 Å². The first-order valence-corrected chi connectivity index (χ1v) is 2.40. The summed E-state index contributed by atoms with van der Waals surface area (Å²) in [6.45, 7) is 0. The van der Waals surface area contributed by atoms with Crippen molar-refractivity contribution in [3.05, 3.63) is 18.2 Å². The van der Waals surface area contributed by atoms with E-state index in [4.69, 9.17) is 15.3 Å². The second-order valence-electron chi connectivity index (χ2n) is 1.71. The molecule has 3 N–H and O–H groups in total. The van der Waals surface area contributed by atoms with Gasteiger partial charge in [0.05, 0.1) is 0 Å². The maximum Gasteiger partial charge on any atom is 0.122 e. The number of hydrogen-bond acceptors (Lipinski definition) is 3. The molecule has 0 unspecified atom stereocenters. The van der Waals surface area contributed by atoms with E-state index in [-0.39, 0.29) is 34.3 Å². The summed E-state index contributed by atoms with van der Waals surface area (Å²) in [5.41, 5.74) is 0. The van der Waals surface area contributed by atoms with Crippen LogP contribution in [-0.4, -0.2) is 15.3 Å². The van der Waals surface area contributed by atoms with E-state index in [0.29, 0.717) is 0 Å². The van der Waals surface area contributed by atoms with Crippen molar-refractivity contribution in [2.45, 2.75) is 0 Å². The molecule has 0 atom stereocenters. The number of phenols is 3. The third kappa shape index (κ3) is 2.17. The summed E-state index contributed by atoms with van der Waals surface area (Å²) < 4.78 is 0. The van der Waals surface area contributed by atoms with Crippen LogP contribution in [0.15, 0.2) is 18.2 Å². The van der Waals surface area contributed by atoms with E-state index in [2.05, 4.69) is 0 Å². The molecule has 1 aromatic rings. The van der Waals surface area contributed by atoms with Gasteiger partial charge in [0.2, 0.25) is 0 Å². The first kappa shape index (κ1) is 9.14. The van der Waals surface area contributed by atoms with E-state index in [9.17, 15) is 0 Å². The molecule has 0 aliphatic carbocycles. The normalized spacial score (nSPS) is 8.40. The van der Waals surface area contributed by atoms with Crippen LogP contribution in [0.25, 0.3) is 0 Å². The number of aromatic hydroxyl groups is 3. The fourth-order valence-corrected chi connectivity index (χ4v) is 0.580. The molecule has 0 amide bonds. The van der Waals surface area contributed by atoms with Crippen LogP contribution in [0.4, 0.5) is 0 Å². The van der Waals surface area contributed by atoms with Crippen molar-refractivity contribution in [2.75, 3.05) is 0 Å². The van der Waals surface area contributed by atoms with Crippen molar-refractivity contribution in [3.8, 4) is 17.2 Å². The zero-order valence-electron chi connectivity index (χ0n) is 4.88. The van der Waals surface area contributed by atoms with E-state index in [1.807, 2.05) is 0 Å². The third-order valence-electron chi connectivity index (χ3n) is 0.887. The molecule has 3 nitrogen and oxygen atoms in total. The largest absolute Gasteiger partial charge is 0.508 e. The number of benzene rings is 1. The Balaban J connectivity index is 0.000000810. The Morgan fingerprint density at radius 3 is 1.10 bits per heavy atom. The van der Waals surface area contributed by atoms with Crippen molar-refractivity contribution in [3.63, 3.8) is 0 Å². The fourth-order valence-electron chi connectivity index (χ4n) is 0.580. The van der Waals surface area contributed by atoms with E-state index >= 15 is 0 Å². The molecule has 0 aliphatic rings. The molecular weight excluding hydrogens is 184 g/mol. The van der Waals surface area contributed by atoms with E-state index in [0.717, 1.165) is 18.2 Å². The topological polar surface area (TPSA) is 60.7 Å². The van der Waals surface area contributed by atoms with Crippen molar-refractivity contribution in [1.82, 2.24) is 0 Å². The van der Waals surface area contributed by atoms with Crippen molar-refractivity contribution >= 4 is 0 Å². The molecule has 59 valence electrons. The van der Waals surface area contributed by atoms with Gasteiger partial charge >= 0.3 is 0 Å². The maximum atomic E-state index is 8.67. The van der Waals surface area contributed by atoms with Gasteiger partial charge in [-0.05, 0) is 0 Å². The van der Waals surface area contributed by atoms with Crippen LogP contribution in [-0.2, 0) is 17.1 Å². The molecule has 0 saturated carbocycles. The summed E-state index contributed by atoms with van der Waals surface area (Å²) in [7, 11) is 0. The minimum absolute atomic E-state index is 0. The molecule has 0 aliphatic heterocycles. The molecule has 0 fully saturated rings. The molecule has 10 heavy (non-hydrogen) atoms. The second-order valence-corrected chi connectivity index (χ2v) is 1.71. The van der Waals surface area contributed by atoms with Gasteiger partial charge in [0.25, 0.3) is 0 Å². The minimum Gasteiger partial charge on any atom is -0.508 e. The van der Waals surface area contributed by atoms with Crippen LogP contribution < -0.4 is 0 Å². The number of hydrogen-bond donors (Lipinski definition) is 3. The Hall–Kier alpha value is -0.861. The summed E-state index contributed by atoms with van der Waals surface area (Å²) in [6, 6.07) is 3.42. The molecule has 1 radical (unpaired) electrons. The quantitative estimate of drug-likeness (QED) is 0.530. The van der Waals surface area contributed by atoms with Gasteiger partial charge in [0, 0.05) is 35.3 Å². The van der Waals surface area contributed by atoms with Gasteiger partial charge < -0.3 is 15.3 Å². The SMILES string of the molecule is Oc1cc(O)cc(O)c1.[Cu]. The van der Waals surface area contributed by atoms with Gasteiger partial charge in [-0.1, -0.05) is 0 Å². The Kier molecular flexibility index (Phi) is 3.06. The third-order valence-corrected chi connectivity index (χ3v) is 0.887. The second kappa shape index (κ2) is 3.34. The summed E-state index contributed by atoms with van der Waals surface area (Å²) >= 11 is 0. The van der Waals surface area contributed by atoms with E-state index in [1.54, 1.807) is 0 Å². The predicted molar refractivity (Wildman–Crippen MR) is 31.4 cm³/mol. The molecular formula is C6H6CuO3. The zero-order valence-corrected chi connectivity index (χ0v) is 5.82. The van der Waals surface area contributed by atoms with Crippen LogP contribution in [0.1, 0.15) is 0 Å². The summed E-state index contributed by atoms with van der Waals surface area (Å²) in [5.74, 6) is -0.437. The number of rotatable bonds is 0. The first-order valence-electron chi connectivity index (χ1n) is 2.40. The molecule has 0 saturated heterocycles. The van der Waals surface area contributed by atoms with Crippen molar-refractivity contribution < 1.29 is 32.4 Å². The Morgan fingerprint density at radius 2 is 0.900 bits per heavy atom. The standard InChI is InChI=1S/C6H6O3.Cu/c7-4-1-5(8)3-6(9)2-4;/h1-3,7-9H;. The zero-order chi connectivity index (χ0) is 6.85. The summed E-state index contributed by atoms with van der Waals surface area (Å²) in [6.07, 6.45) is 0. The molecule has 0 heterocycles. The van der Waals surface area contributed by atoms with Crippen LogP contribution in [0, 0.1) is 0 Å². The number of phenolic OH excluding ortho intramolecular Hbond substituents is 3. The first-order chi connectivity index (χ1) is 4.18. The Morgan fingerprint density at radius 1 is 0.700 bits per heavy atom. The fraction of sp³-hybridized carbons (Fsp3) is 0. The van der Waals surface area contributed by atoms with Gasteiger partial charge in [0.15, 0.2) is 0 Å². The predicted octanol–water partition coefficient (Wildman–Crippen LogP) is 0.801. The van der Waals surface area contributed by atoms with Crippen LogP contribution in [0.5, 0.6) is 17.2 Å². The summed E-state index contributed by atoms with van der Waals surface area (Å²) in [4.78, 5) is 0.